The summed E-state index contributed by atoms with van der Waals surface area (Å²) in [5.41, 5.74) is 1.45. The number of halogens is 5. The zero-order chi connectivity index (χ0) is 15.7. The first kappa shape index (κ1) is 15.9. The summed E-state index contributed by atoms with van der Waals surface area (Å²) in [6, 6.07) is 3.23. The van der Waals surface area contributed by atoms with Crippen molar-refractivity contribution in [3.05, 3.63) is 68.7 Å². The summed E-state index contributed by atoms with van der Waals surface area (Å²) in [7, 11) is 0. The first-order valence-electron chi connectivity index (χ1n) is 5.91. The number of nitrogens with one attached hydrogen (secondary N) is 1. The maximum atomic E-state index is 14.0. The van der Waals surface area contributed by atoms with Crippen LogP contribution < -0.4 is 11.3 Å². The highest BCUT2D eigenvalue weighted by Gasteiger charge is 2.26. The average molecular weight is 363 g/mol. The van der Waals surface area contributed by atoms with E-state index in [1.807, 2.05) is 0 Å². The molecule has 0 amide bonds. The smallest absolute Gasteiger partial charge is 0.164 e. The normalized spacial score (nSPS) is 12.5. The van der Waals surface area contributed by atoms with Crippen molar-refractivity contribution >= 4 is 15.9 Å². The monoisotopic (exact) mass is 362 g/mol. The number of nitrogens with two attached hydrogens (primary N) is 1. The van der Waals surface area contributed by atoms with Gasteiger partial charge in [-0.15, -0.1) is 0 Å². The lowest BCUT2D eigenvalue weighted by Crippen LogP contribution is -2.31. The van der Waals surface area contributed by atoms with Crippen LogP contribution in [0.4, 0.5) is 17.6 Å². The average Bonchev–Trinajstić information content (AvgIpc) is 2.41. The molecule has 2 aromatic rings. The van der Waals surface area contributed by atoms with Gasteiger partial charge in [-0.05, 0) is 24.6 Å². The number of hydrogen-bond donors (Lipinski definition) is 2. The van der Waals surface area contributed by atoms with Crippen molar-refractivity contribution in [3.63, 3.8) is 0 Å². The molecular formula is C14H11BrF4N2. The van der Waals surface area contributed by atoms with Crippen LogP contribution in [0.5, 0.6) is 0 Å². The Kier molecular flexibility index (Phi) is 4.65. The Balaban J connectivity index is 2.64. The molecule has 1 atom stereocenters. The number of rotatable bonds is 3. The van der Waals surface area contributed by atoms with Crippen LogP contribution >= 0.6 is 15.9 Å². The van der Waals surface area contributed by atoms with Crippen LogP contribution in [-0.2, 0) is 0 Å². The van der Waals surface area contributed by atoms with Crippen LogP contribution in [0.2, 0.25) is 0 Å². The fourth-order valence-electron chi connectivity index (χ4n) is 2.04. The summed E-state index contributed by atoms with van der Waals surface area (Å²) in [5.74, 6) is 1.16. The fourth-order valence-corrected chi connectivity index (χ4v) is 2.44. The van der Waals surface area contributed by atoms with Gasteiger partial charge < -0.3 is 0 Å². The molecule has 0 heterocycles. The highest BCUT2D eigenvalue weighted by Crippen LogP contribution is 2.31. The maximum Gasteiger partial charge on any atom is 0.164 e. The van der Waals surface area contributed by atoms with Crippen molar-refractivity contribution in [2.45, 2.75) is 13.0 Å². The summed E-state index contributed by atoms with van der Waals surface area (Å²) in [4.78, 5) is 0. The van der Waals surface area contributed by atoms with E-state index in [1.165, 1.54) is 19.1 Å². The van der Waals surface area contributed by atoms with E-state index >= 15 is 0 Å². The molecule has 7 heteroatoms. The van der Waals surface area contributed by atoms with Crippen LogP contribution in [0.1, 0.15) is 22.7 Å². The Labute approximate surface area is 127 Å². The van der Waals surface area contributed by atoms with E-state index in [1.54, 1.807) is 0 Å². The molecule has 0 aliphatic heterocycles. The lowest BCUT2D eigenvalue weighted by atomic mass is 9.96. The van der Waals surface area contributed by atoms with Crippen LogP contribution in [0.15, 0.2) is 28.7 Å². The Morgan fingerprint density at radius 1 is 1.05 bits per heavy atom. The molecule has 0 aromatic heterocycles. The van der Waals surface area contributed by atoms with Crippen molar-refractivity contribution in [3.8, 4) is 0 Å². The first-order chi connectivity index (χ1) is 9.86. The number of benzene rings is 2. The summed E-state index contributed by atoms with van der Waals surface area (Å²) >= 11 is 2.94. The zero-order valence-corrected chi connectivity index (χ0v) is 12.4. The second-order valence-corrected chi connectivity index (χ2v) is 5.40. The predicted octanol–water partition coefficient (Wildman–Crippen LogP) is 3.87. The third kappa shape index (κ3) is 2.95. The van der Waals surface area contributed by atoms with Gasteiger partial charge in [-0.25, -0.2) is 23.0 Å². The molecule has 0 fully saturated rings. The van der Waals surface area contributed by atoms with Crippen molar-refractivity contribution in [1.29, 1.82) is 0 Å². The Bertz CT molecular complexity index is 668. The lowest BCUT2D eigenvalue weighted by Gasteiger charge is -2.19. The Morgan fingerprint density at radius 2 is 1.62 bits per heavy atom. The summed E-state index contributed by atoms with van der Waals surface area (Å²) in [5, 5.41) is 0. The molecule has 2 aromatic carbocycles. The van der Waals surface area contributed by atoms with Gasteiger partial charge in [-0.2, -0.15) is 0 Å². The molecule has 0 saturated carbocycles. The molecule has 0 bridgehead atoms. The Morgan fingerprint density at radius 3 is 2.14 bits per heavy atom. The van der Waals surface area contributed by atoms with Crippen molar-refractivity contribution in [2.75, 3.05) is 0 Å². The number of hydrogen-bond acceptors (Lipinski definition) is 2. The highest BCUT2D eigenvalue weighted by atomic mass is 79.9. The maximum absolute atomic E-state index is 14.0. The van der Waals surface area contributed by atoms with E-state index in [2.05, 4.69) is 21.4 Å². The van der Waals surface area contributed by atoms with Crippen LogP contribution in [-0.4, -0.2) is 0 Å². The van der Waals surface area contributed by atoms with E-state index in [-0.39, 0.29) is 15.6 Å². The van der Waals surface area contributed by atoms with Gasteiger partial charge in [0.05, 0.1) is 6.04 Å². The molecule has 3 N–H and O–H groups in total. The van der Waals surface area contributed by atoms with Crippen LogP contribution in [0.25, 0.3) is 0 Å². The second-order valence-electron chi connectivity index (χ2n) is 4.48. The standard InChI is InChI=1S/C14H11BrF4N2/c1-6-2-3-8(13(19)12(6)18)14(21-20)11-9(16)4-7(15)5-10(11)17/h2-5,14,21H,20H2,1H3. The van der Waals surface area contributed by atoms with E-state index in [4.69, 9.17) is 5.84 Å². The van der Waals surface area contributed by atoms with Gasteiger partial charge in [-0.3, -0.25) is 5.84 Å². The molecule has 0 aliphatic carbocycles. The van der Waals surface area contributed by atoms with E-state index in [0.29, 0.717) is 0 Å². The largest absolute Gasteiger partial charge is 0.271 e. The molecule has 0 radical (unpaired) electrons. The van der Waals surface area contributed by atoms with Crippen molar-refractivity contribution in [2.24, 2.45) is 5.84 Å². The topological polar surface area (TPSA) is 38.0 Å². The minimum Gasteiger partial charge on any atom is -0.271 e. The zero-order valence-electron chi connectivity index (χ0n) is 10.9. The molecule has 2 rings (SSSR count). The van der Waals surface area contributed by atoms with Gasteiger partial charge in [0.25, 0.3) is 0 Å². The molecule has 0 saturated heterocycles. The molecule has 1 unspecified atom stereocenters. The lowest BCUT2D eigenvalue weighted by molar-refractivity contribution is 0.462. The van der Waals surface area contributed by atoms with E-state index in [0.717, 1.165) is 12.1 Å². The molecule has 21 heavy (non-hydrogen) atoms. The quantitative estimate of drug-likeness (QED) is 0.494. The van der Waals surface area contributed by atoms with Gasteiger partial charge in [-0.1, -0.05) is 28.1 Å². The molecular weight excluding hydrogens is 352 g/mol. The minimum atomic E-state index is -1.35. The van der Waals surface area contributed by atoms with Gasteiger partial charge in [0.1, 0.15) is 11.6 Å². The third-order valence-corrected chi connectivity index (χ3v) is 3.57. The number of hydrazine groups is 1. The van der Waals surface area contributed by atoms with Gasteiger partial charge in [0.15, 0.2) is 11.6 Å². The summed E-state index contributed by atoms with van der Waals surface area (Å²) in [6.45, 7) is 1.38. The molecule has 2 nitrogen and oxygen atoms in total. The minimum absolute atomic E-state index is 0.0868. The SMILES string of the molecule is Cc1ccc(C(NN)c2c(F)cc(Br)cc2F)c(F)c1F. The van der Waals surface area contributed by atoms with Gasteiger partial charge >= 0.3 is 0 Å². The fraction of sp³-hybridized carbons (Fsp3) is 0.143. The van der Waals surface area contributed by atoms with Crippen molar-refractivity contribution < 1.29 is 17.6 Å². The van der Waals surface area contributed by atoms with Crippen LogP contribution in [0.3, 0.4) is 0 Å². The van der Waals surface area contributed by atoms with Gasteiger partial charge in [0.2, 0.25) is 0 Å². The summed E-state index contributed by atoms with van der Waals surface area (Å²) in [6.07, 6.45) is 0. The van der Waals surface area contributed by atoms with E-state index in [9.17, 15) is 17.6 Å². The van der Waals surface area contributed by atoms with E-state index < -0.39 is 34.9 Å². The highest BCUT2D eigenvalue weighted by molar-refractivity contribution is 9.10. The first-order valence-corrected chi connectivity index (χ1v) is 6.71. The van der Waals surface area contributed by atoms with Crippen molar-refractivity contribution in [1.82, 2.24) is 5.43 Å². The molecule has 0 aliphatic rings. The van der Waals surface area contributed by atoms with Gasteiger partial charge in [0, 0.05) is 15.6 Å². The predicted molar refractivity (Wildman–Crippen MR) is 74.3 cm³/mol. The molecule has 0 spiro atoms. The summed E-state index contributed by atoms with van der Waals surface area (Å²) < 4.78 is 55.7. The number of aryl methyl sites for hydroxylation is 1. The Hall–Kier alpha value is -1.44. The van der Waals surface area contributed by atoms with Crippen LogP contribution in [0, 0.1) is 30.2 Å². The second kappa shape index (κ2) is 6.13. The molecule has 112 valence electrons. The third-order valence-electron chi connectivity index (χ3n) is 3.12.